The average molecular weight is 242 g/mol. The van der Waals surface area contributed by atoms with Gasteiger partial charge in [-0.15, -0.1) is 0 Å². The van der Waals surface area contributed by atoms with Crippen molar-refractivity contribution in [2.75, 3.05) is 26.2 Å². The van der Waals surface area contributed by atoms with Gasteiger partial charge in [-0.1, -0.05) is 0 Å². The molecule has 1 aliphatic heterocycles. The molecule has 1 atom stereocenters. The van der Waals surface area contributed by atoms with Crippen molar-refractivity contribution in [3.05, 3.63) is 0 Å². The fourth-order valence-corrected chi connectivity index (χ4v) is 2.07. The maximum absolute atomic E-state index is 11.1. The number of urea groups is 1. The second kappa shape index (κ2) is 6.56. The second-order valence-corrected chi connectivity index (χ2v) is 4.79. The number of primary amides is 1. The molecule has 1 fully saturated rings. The highest BCUT2D eigenvalue weighted by Gasteiger charge is 2.23. The van der Waals surface area contributed by atoms with Crippen LogP contribution >= 0.6 is 0 Å². The zero-order valence-electron chi connectivity index (χ0n) is 10.5. The van der Waals surface area contributed by atoms with Crippen molar-refractivity contribution in [2.24, 2.45) is 11.7 Å². The summed E-state index contributed by atoms with van der Waals surface area (Å²) in [6.07, 6.45) is 1.16. The highest BCUT2D eigenvalue weighted by molar-refractivity contribution is 5.94. The van der Waals surface area contributed by atoms with Gasteiger partial charge in [-0.25, -0.2) is 4.79 Å². The summed E-state index contributed by atoms with van der Waals surface area (Å²) in [7, 11) is 0. The molecule has 6 heteroatoms. The third kappa shape index (κ3) is 5.14. The normalized spacial score (nSPS) is 20.8. The summed E-state index contributed by atoms with van der Waals surface area (Å²) >= 11 is 0. The molecule has 1 heterocycles. The molecule has 0 radical (unpaired) electrons. The third-order valence-electron chi connectivity index (χ3n) is 3.03. The number of imide groups is 1. The number of carbonyl (C=O) groups is 2. The van der Waals surface area contributed by atoms with E-state index in [-0.39, 0.29) is 12.5 Å². The van der Waals surface area contributed by atoms with Crippen LogP contribution in [0.5, 0.6) is 0 Å². The number of nitrogens with two attached hydrogens (primary N) is 1. The molecule has 3 amide bonds. The third-order valence-corrected chi connectivity index (χ3v) is 3.03. The van der Waals surface area contributed by atoms with Crippen LogP contribution in [0.4, 0.5) is 4.79 Å². The Morgan fingerprint density at radius 3 is 2.71 bits per heavy atom. The van der Waals surface area contributed by atoms with E-state index in [2.05, 4.69) is 24.1 Å². The minimum absolute atomic E-state index is 0.140. The van der Waals surface area contributed by atoms with E-state index in [0.29, 0.717) is 12.0 Å². The number of amides is 3. The summed E-state index contributed by atoms with van der Waals surface area (Å²) in [5.41, 5.74) is 4.83. The highest BCUT2D eigenvalue weighted by Crippen LogP contribution is 2.17. The quantitative estimate of drug-likeness (QED) is 0.606. The summed E-state index contributed by atoms with van der Waals surface area (Å²) < 4.78 is 0. The van der Waals surface area contributed by atoms with Crippen LogP contribution in [-0.4, -0.2) is 49.1 Å². The van der Waals surface area contributed by atoms with Gasteiger partial charge in [0.1, 0.15) is 0 Å². The van der Waals surface area contributed by atoms with E-state index in [1.165, 1.54) is 0 Å². The minimum Gasteiger partial charge on any atom is -0.351 e. The predicted octanol–water partition coefficient (Wildman–Crippen LogP) is -0.499. The topological polar surface area (TPSA) is 87.5 Å². The van der Waals surface area contributed by atoms with Crippen molar-refractivity contribution < 1.29 is 9.59 Å². The number of hydrogen-bond acceptors (Lipinski definition) is 4. The lowest BCUT2D eigenvalue weighted by Gasteiger charge is -2.20. The van der Waals surface area contributed by atoms with Gasteiger partial charge in [0.2, 0.25) is 5.91 Å². The van der Waals surface area contributed by atoms with E-state index in [0.717, 1.165) is 26.1 Å². The molecule has 6 nitrogen and oxygen atoms in total. The first-order valence-electron chi connectivity index (χ1n) is 6.03. The summed E-state index contributed by atoms with van der Waals surface area (Å²) in [5.74, 6) is 0.204. The van der Waals surface area contributed by atoms with Gasteiger partial charge in [-0.3, -0.25) is 10.1 Å². The number of carbonyl (C=O) groups excluding carboxylic acids is 2. The van der Waals surface area contributed by atoms with Crippen molar-refractivity contribution in [2.45, 2.75) is 26.3 Å². The molecular formula is C11H22N4O2. The van der Waals surface area contributed by atoms with Crippen molar-refractivity contribution in [1.29, 1.82) is 0 Å². The molecule has 0 aromatic heterocycles. The van der Waals surface area contributed by atoms with Gasteiger partial charge >= 0.3 is 6.03 Å². The predicted molar refractivity (Wildman–Crippen MR) is 65.4 cm³/mol. The Kier molecular flexibility index (Phi) is 5.37. The summed E-state index contributed by atoms with van der Waals surface area (Å²) in [6.45, 7) is 7.52. The largest absolute Gasteiger partial charge is 0.351 e. The van der Waals surface area contributed by atoms with E-state index in [1.54, 1.807) is 0 Å². The average Bonchev–Trinajstić information content (AvgIpc) is 2.65. The van der Waals surface area contributed by atoms with Crippen LogP contribution in [0.3, 0.4) is 0 Å². The molecule has 1 unspecified atom stereocenters. The van der Waals surface area contributed by atoms with Gasteiger partial charge < -0.3 is 16.0 Å². The Labute approximate surface area is 102 Å². The lowest BCUT2D eigenvalue weighted by atomic mass is 10.1. The lowest BCUT2D eigenvalue weighted by Crippen LogP contribution is -2.41. The van der Waals surface area contributed by atoms with Crippen LogP contribution in [0.25, 0.3) is 0 Å². The zero-order valence-corrected chi connectivity index (χ0v) is 10.5. The fraction of sp³-hybridized carbons (Fsp3) is 0.818. The molecule has 0 aromatic carbocycles. The van der Waals surface area contributed by atoms with Crippen LogP contribution < -0.4 is 16.4 Å². The molecule has 1 saturated heterocycles. The first-order chi connectivity index (χ1) is 7.99. The Bertz CT molecular complexity index is 281. The van der Waals surface area contributed by atoms with Gasteiger partial charge in [0.15, 0.2) is 0 Å². The number of likely N-dealkylation sites (tertiary alicyclic amines) is 1. The van der Waals surface area contributed by atoms with Crippen LogP contribution in [0.1, 0.15) is 20.3 Å². The Morgan fingerprint density at radius 1 is 1.47 bits per heavy atom. The maximum atomic E-state index is 11.1. The van der Waals surface area contributed by atoms with Crippen molar-refractivity contribution in [3.63, 3.8) is 0 Å². The van der Waals surface area contributed by atoms with E-state index >= 15 is 0 Å². The number of rotatable bonds is 5. The van der Waals surface area contributed by atoms with E-state index in [9.17, 15) is 9.59 Å². The van der Waals surface area contributed by atoms with Gasteiger partial charge in [-0.2, -0.15) is 0 Å². The van der Waals surface area contributed by atoms with Crippen LogP contribution in [-0.2, 0) is 4.79 Å². The molecule has 0 aliphatic carbocycles. The summed E-state index contributed by atoms with van der Waals surface area (Å²) in [6, 6.07) is -0.221. The Hall–Kier alpha value is -1.14. The van der Waals surface area contributed by atoms with E-state index in [1.807, 2.05) is 5.32 Å². The Morgan fingerprint density at radius 2 is 2.18 bits per heavy atom. The summed E-state index contributed by atoms with van der Waals surface area (Å²) in [5, 5.41) is 5.07. The zero-order chi connectivity index (χ0) is 12.8. The minimum atomic E-state index is -0.802. The molecule has 98 valence electrons. The number of nitrogens with one attached hydrogen (secondary N) is 2. The summed E-state index contributed by atoms with van der Waals surface area (Å²) in [4.78, 5) is 23.9. The standard InChI is InChI=1S/C11H22N4O2/c1-8(2)15-4-3-9(7-15)5-13-6-10(16)14-11(12)17/h8-9,13H,3-7H2,1-2H3,(H3,12,14,16,17). The monoisotopic (exact) mass is 242 g/mol. The molecular weight excluding hydrogens is 220 g/mol. The van der Waals surface area contributed by atoms with Crippen molar-refractivity contribution in [3.8, 4) is 0 Å². The molecule has 1 rings (SSSR count). The van der Waals surface area contributed by atoms with Crippen LogP contribution in [0.15, 0.2) is 0 Å². The molecule has 17 heavy (non-hydrogen) atoms. The lowest BCUT2D eigenvalue weighted by molar-refractivity contribution is -0.119. The molecule has 0 bridgehead atoms. The Balaban J connectivity index is 2.12. The SMILES string of the molecule is CC(C)N1CCC(CNCC(=O)NC(N)=O)C1. The van der Waals surface area contributed by atoms with E-state index in [4.69, 9.17) is 5.73 Å². The number of hydrogen-bond donors (Lipinski definition) is 3. The smallest absolute Gasteiger partial charge is 0.318 e. The maximum Gasteiger partial charge on any atom is 0.318 e. The van der Waals surface area contributed by atoms with Crippen molar-refractivity contribution in [1.82, 2.24) is 15.5 Å². The molecule has 1 aliphatic rings. The van der Waals surface area contributed by atoms with Gasteiger partial charge in [-0.05, 0) is 39.3 Å². The number of nitrogens with zero attached hydrogens (tertiary/aromatic N) is 1. The van der Waals surface area contributed by atoms with Crippen LogP contribution in [0, 0.1) is 5.92 Å². The van der Waals surface area contributed by atoms with Gasteiger partial charge in [0.25, 0.3) is 0 Å². The van der Waals surface area contributed by atoms with Crippen molar-refractivity contribution >= 4 is 11.9 Å². The van der Waals surface area contributed by atoms with Gasteiger partial charge in [0.05, 0.1) is 6.54 Å². The second-order valence-electron chi connectivity index (χ2n) is 4.79. The molecule has 4 N–H and O–H groups in total. The highest BCUT2D eigenvalue weighted by atomic mass is 16.2. The first kappa shape index (κ1) is 13.9. The first-order valence-corrected chi connectivity index (χ1v) is 6.03. The van der Waals surface area contributed by atoms with Gasteiger partial charge in [0, 0.05) is 12.6 Å². The fourth-order valence-electron chi connectivity index (χ4n) is 2.07. The van der Waals surface area contributed by atoms with Crippen LogP contribution in [0.2, 0.25) is 0 Å². The molecule has 0 saturated carbocycles. The molecule has 0 spiro atoms. The molecule has 0 aromatic rings. The van der Waals surface area contributed by atoms with E-state index < -0.39 is 6.03 Å².